The van der Waals surface area contributed by atoms with E-state index in [0.717, 1.165) is 25.7 Å². The van der Waals surface area contributed by atoms with Gasteiger partial charge in [-0.25, -0.2) is 4.79 Å². The summed E-state index contributed by atoms with van der Waals surface area (Å²) in [5, 5.41) is 8.41. The Morgan fingerprint density at radius 1 is 1.22 bits per heavy atom. The van der Waals surface area contributed by atoms with Crippen molar-refractivity contribution in [3.8, 4) is 0 Å². The number of rotatable bonds is 5. The third-order valence-corrected chi connectivity index (χ3v) is 3.62. The molecule has 1 heterocycles. The zero-order valence-electron chi connectivity index (χ0n) is 10.1. The lowest BCUT2D eigenvalue weighted by Gasteiger charge is -2.19. The lowest BCUT2D eigenvalue weighted by atomic mass is 9.81. The van der Waals surface area contributed by atoms with Gasteiger partial charge < -0.3 is 9.84 Å². The van der Waals surface area contributed by atoms with Gasteiger partial charge in [0, 0.05) is 0 Å². The Labute approximate surface area is 105 Å². The van der Waals surface area contributed by atoms with Gasteiger partial charge in [-0.15, -0.1) is 0 Å². The molecule has 6 nitrogen and oxygen atoms in total. The standard InChI is InChI=1S/C12H17NO5/c14-10(15)7-18-6-5-13-11(16)8-3-1-2-4-9(8)12(13)17/h8-9H,1-7H2,(H,14,15). The van der Waals surface area contributed by atoms with Crippen molar-refractivity contribution in [2.75, 3.05) is 19.8 Å². The maximum atomic E-state index is 12.0. The van der Waals surface area contributed by atoms with E-state index >= 15 is 0 Å². The van der Waals surface area contributed by atoms with Gasteiger partial charge in [-0.2, -0.15) is 0 Å². The average Bonchev–Trinajstić information content (AvgIpc) is 2.59. The summed E-state index contributed by atoms with van der Waals surface area (Å²) < 4.78 is 4.86. The SMILES string of the molecule is O=C(O)COCCN1C(=O)C2CCCCC2C1=O. The van der Waals surface area contributed by atoms with Crippen molar-refractivity contribution in [3.05, 3.63) is 0 Å². The fourth-order valence-corrected chi connectivity index (χ4v) is 2.77. The summed E-state index contributed by atoms with van der Waals surface area (Å²) >= 11 is 0. The Bertz CT molecular complexity index is 343. The van der Waals surface area contributed by atoms with Crippen LogP contribution in [0.3, 0.4) is 0 Å². The maximum absolute atomic E-state index is 12.0. The fraction of sp³-hybridized carbons (Fsp3) is 0.750. The van der Waals surface area contributed by atoms with Gasteiger partial charge in [0.2, 0.25) is 11.8 Å². The molecule has 1 saturated heterocycles. The summed E-state index contributed by atoms with van der Waals surface area (Å²) in [6, 6.07) is 0. The second-order valence-electron chi connectivity index (χ2n) is 4.77. The van der Waals surface area contributed by atoms with Crippen molar-refractivity contribution < 1.29 is 24.2 Å². The Hall–Kier alpha value is -1.43. The van der Waals surface area contributed by atoms with Gasteiger partial charge in [-0.05, 0) is 12.8 Å². The van der Waals surface area contributed by atoms with Gasteiger partial charge in [0.05, 0.1) is 25.0 Å². The van der Waals surface area contributed by atoms with Crippen LogP contribution in [0.4, 0.5) is 0 Å². The van der Waals surface area contributed by atoms with Crippen LogP contribution in [0.15, 0.2) is 0 Å². The van der Waals surface area contributed by atoms with Crippen LogP contribution >= 0.6 is 0 Å². The molecular weight excluding hydrogens is 238 g/mol. The van der Waals surface area contributed by atoms with E-state index in [0.29, 0.717) is 0 Å². The van der Waals surface area contributed by atoms with Crippen LogP contribution in [-0.2, 0) is 19.1 Å². The minimum absolute atomic E-state index is 0.0865. The number of nitrogens with zero attached hydrogens (tertiary/aromatic N) is 1. The van der Waals surface area contributed by atoms with Crippen LogP contribution in [0.25, 0.3) is 0 Å². The number of amides is 2. The third-order valence-electron chi connectivity index (χ3n) is 3.62. The molecule has 0 aromatic rings. The summed E-state index contributed by atoms with van der Waals surface area (Å²) in [5.74, 6) is -1.56. The van der Waals surface area contributed by atoms with Crippen molar-refractivity contribution in [1.29, 1.82) is 0 Å². The van der Waals surface area contributed by atoms with E-state index in [9.17, 15) is 14.4 Å². The molecule has 100 valence electrons. The van der Waals surface area contributed by atoms with E-state index in [1.54, 1.807) is 0 Å². The zero-order chi connectivity index (χ0) is 13.1. The maximum Gasteiger partial charge on any atom is 0.329 e. The van der Waals surface area contributed by atoms with E-state index < -0.39 is 12.6 Å². The van der Waals surface area contributed by atoms with Gasteiger partial charge >= 0.3 is 5.97 Å². The second kappa shape index (κ2) is 5.48. The quantitative estimate of drug-likeness (QED) is 0.563. The minimum Gasteiger partial charge on any atom is -0.480 e. The van der Waals surface area contributed by atoms with Gasteiger partial charge in [0.25, 0.3) is 0 Å². The summed E-state index contributed by atoms with van der Waals surface area (Å²) in [7, 11) is 0. The topological polar surface area (TPSA) is 83.9 Å². The Morgan fingerprint density at radius 2 is 1.78 bits per heavy atom. The third kappa shape index (κ3) is 2.53. The van der Waals surface area contributed by atoms with Crippen molar-refractivity contribution in [2.24, 2.45) is 11.8 Å². The van der Waals surface area contributed by atoms with Gasteiger partial charge in [-0.3, -0.25) is 14.5 Å². The highest BCUT2D eigenvalue weighted by molar-refractivity contribution is 6.05. The number of carboxylic acids is 1. The number of carbonyl (C=O) groups excluding carboxylic acids is 2. The summed E-state index contributed by atoms with van der Waals surface area (Å²) in [6.45, 7) is -0.149. The van der Waals surface area contributed by atoms with Crippen LogP contribution in [0.2, 0.25) is 0 Å². The number of carboxylic acid groups (broad SMARTS) is 1. The smallest absolute Gasteiger partial charge is 0.329 e. The van der Waals surface area contributed by atoms with Crippen molar-refractivity contribution in [3.63, 3.8) is 0 Å². The van der Waals surface area contributed by atoms with E-state index in [2.05, 4.69) is 0 Å². The highest BCUT2D eigenvalue weighted by atomic mass is 16.5. The van der Waals surface area contributed by atoms with E-state index in [1.807, 2.05) is 0 Å². The first-order valence-electron chi connectivity index (χ1n) is 6.26. The van der Waals surface area contributed by atoms with Gasteiger partial charge in [0.15, 0.2) is 0 Å². The zero-order valence-corrected chi connectivity index (χ0v) is 10.1. The molecule has 0 spiro atoms. The molecule has 6 heteroatoms. The minimum atomic E-state index is -1.05. The first kappa shape index (κ1) is 13.0. The number of fused-ring (bicyclic) bond motifs is 1. The molecule has 1 aliphatic carbocycles. The number of likely N-dealkylation sites (tertiary alicyclic amines) is 1. The van der Waals surface area contributed by atoms with Crippen LogP contribution in [0.1, 0.15) is 25.7 Å². The number of aliphatic carboxylic acids is 1. The Balaban J connectivity index is 1.87. The molecule has 2 unspecified atom stereocenters. The van der Waals surface area contributed by atoms with E-state index in [-0.39, 0.29) is 36.8 Å². The Kier molecular flexibility index (Phi) is 3.96. The number of hydrogen-bond acceptors (Lipinski definition) is 4. The molecule has 1 saturated carbocycles. The molecule has 2 rings (SSSR count). The highest BCUT2D eigenvalue weighted by Gasteiger charge is 2.47. The molecule has 1 aliphatic heterocycles. The molecule has 2 amide bonds. The van der Waals surface area contributed by atoms with E-state index in [1.165, 1.54) is 4.90 Å². The lowest BCUT2D eigenvalue weighted by Crippen LogP contribution is -2.34. The Morgan fingerprint density at radius 3 is 2.28 bits per heavy atom. The number of hydrogen-bond donors (Lipinski definition) is 1. The molecule has 0 aromatic heterocycles. The summed E-state index contributed by atoms with van der Waals surface area (Å²) in [5.41, 5.74) is 0. The first-order chi connectivity index (χ1) is 8.61. The van der Waals surface area contributed by atoms with Gasteiger partial charge in [-0.1, -0.05) is 12.8 Å². The average molecular weight is 255 g/mol. The molecule has 0 bridgehead atoms. The van der Waals surface area contributed by atoms with Crippen molar-refractivity contribution >= 4 is 17.8 Å². The number of ether oxygens (including phenoxy) is 1. The van der Waals surface area contributed by atoms with Crippen molar-refractivity contribution in [1.82, 2.24) is 4.90 Å². The molecule has 0 radical (unpaired) electrons. The predicted molar refractivity (Wildman–Crippen MR) is 60.6 cm³/mol. The lowest BCUT2D eigenvalue weighted by molar-refractivity contribution is -0.143. The predicted octanol–water partition coefficient (Wildman–Crippen LogP) is 0.263. The number of carbonyl (C=O) groups is 3. The van der Waals surface area contributed by atoms with Crippen LogP contribution in [0, 0.1) is 11.8 Å². The van der Waals surface area contributed by atoms with Crippen LogP contribution in [0.5, 0.6) is 0 Å². The van der Waals surface area contributed by atoms with Crippen LogP contribution in [-0.4, -0.2) is 47.5 Å². The summed E-state index contributed by atoms with van der Waals surface area (Å²) in [6.07, 6.45) is 3.59. The van der Waals surface area contributed by atoms with Crippen LogP contribution < -0.4 is 0 Å². The molecular formula is C12H17NO5. The fourth-order valence-electron chi connectivity index (χ4n) is 2.77. The highest BCUT2D eigenvalue weighted by Crippen LogP contribution is 2.37. The first-order valence-corrected chi connectivity index (χ1v) is 6.26. The molecule has 2 atom stereocenters. The second-order valence-corrected chi connectivity index (χ2v) is 4.77. The van der Waals surface area contributed by atoms with E-state index in [4.69, 9.17) is 9.84 Å². The van der Waals surface area contributed by atoms with Crippen molar-refractivity contribution in [2.45, 2.75) is 25.7 Å². The molecule has 2 aliphatic rings. The molecule has 18 heavy (non-hydrogen) atoms. The van der Waals surface area contributed by atoms with Gasteiger partial charge in [0.1, 0.15) is 6.61 Å². The monoisotopic (exact) mass is 255 g/mol. The summed E-state index contributed by atoms with van der Waals surface area (Å²) in [4.78, 5) is 35.5. The number of imide groups is 1. The normalized spacial score (nSPS) is 27.4. The largest absolute Gasteiger partial charge is 0.480 e. The molecule has 0 aromatic carbocycles. The molecule has 1 N–H and O–H groups in total. The molecule has 2 fully saturated rings.